The summed E-state index contributed by atoms with van der Waals surface area (Å²) in [4.78, 5) is 27.8. The van der Waals surface area contributed by atoms with E-state index in [1.807, 2.05) is 23.6 Å². The van der Waals surface area contributed by atoms with E-state index in [0.717, 1.165) is 24.1 Å². The number of aromatic hydroxyl groups is 1. The third kappa shape index (κ3) is 5.67. The lowest BCUT2D eigenvalue weighted by Crippen LogP contribution is -2.29. The highest BCUT2D eigenvalue weighted by Gasteiger charge is 2.31. The van der Waals surface area contributed by atoms with Gasteiger partial charge in [-0.05, 0) is 42.5 Å². The average Bonchev–Trinajstić information content (AvgIpc) is 3.25. The van der Waals surface area contributed by atoms with Gasteiger partial charge in [-0.1, -0.05) is 42.5 Å². The van der Waals surface area contributed by atoms with Gasteiger partial charge in [0.2, 0.25) is 5.91 Å². The number of nitrogens with zero attached hydrogens (tertiary/aromatic N) is 1. The molecule has 1 aromatic carbocycles. The predicted molar refractivity (Wildman–Crippen MR) is 119 cm³/mol. The summed E-state index contributed by atoms with van der Waals surface area (Å²) in [7, 11) is 0. The van der Waals surface area contributed by atoms with Crippen LogP contribution in [0.25, 0.3) is 6.08 Å². The van der Waals surface area contributed by atoms with Crippen LogP contribution in [-0.2, 0) is 9.59 Å². The van der Waals surface area contributed by atoms with Crippen LogP contribution in [0.5, 0.6) is 5.75 Å². The number of phenolic OH excluding ortho intramolecular Hbond substituents is 1. The Bertz CT molecular complexity index is 894. The van der Waals surface area contributed by atoms with Gasteiger partial charge in [0.15, 0.2) is 0 Å². The summed E-state index contributed by atoms with van der Waals surface area (Å²) >= 11 is 8.27. The molecular formula is C20H20N2O3S3. The second-order valence-corrected chi connectivity index (χ2v) is 8.91. The van der Waals surface area contributed by atoms with Crippen molar-refractivity contribution in [2.45, 2.75) is 25.7 Å². The van der Waals surface area contributed by atoms with Gasteiger partial charge in [0.05, 0.1) is 4.91 Å². The van der Waals surface area contributed by atoms with E-state index in [4.69, 9.17) is 12.2 Å². The van der Waals surface area contributed by atoms with Crippen molar-refractivity contribution in [3.05, 3.63) is 51.6 Å². The van der Waals surface area contributed by atoms with Gasteiger partial charge in [0, 0.05) is 29.6 Å². The molecular weight excluding hydrogens is 412 g/mol. The summed E-state index contributed by atoms with van der Waals surface area (Å²) in [5.74, 6) is -0.00506. The summed E-state index contributed by atoms with van der Waals surface area (Å²) in [6, 6.07) is 10.4. The summed E-state index contributed by atoms with van der Waals surface area (Å²) in [5, 5.41) is 14.1. The zero-order valence-electron chi connectivity index (χ0n) is 15.1. The summed E-state index contributed by atoms with van der Waals surface area (Å²) in [6.45, 7) is 0.570. The zero-order chi connectivity index (χ0) is 19.9. The maximum atomic E-state index is 12.5. The molecule has 0 unspecified atom stereocenters. The Labute approximate surface area is 177 Å². The molecule has 2 amide bonds. The fourth-order valence-corrected chi connectivity index (χ4v) is 4.77. The zero-order valence-corrected chi connectivity index (χ0v) is 17.5. The van der Waals surface area contributed by atoms with Gasteiger partial charge in [0.25, 0.3) is 5.91 Å². The molecule has 0 spiro atoms. The number of thiocarbonyl (C=S) groups is 1. The monoisotopic (exact) mass is 432 g/mol. The number of hydrogen-bond acceptors (Lipinski definition) is 6. The lowest BCUT2D eigenvalue weighted by Gasteiger charge is -2.14. The number of unbranched alkanes of at least 4 members (excludes halogenated alkanes) is 2. The highest BCUT2D eigenvalue weighted by Crippen LogP contribution is 2.33. The fourth-order valence-electron chi connectivity index (χ4n) is 2.73. The number of hydrogen-bond donors (Lipinski definition) is 2. The smallest absolute Gasteiger partial charge is 0.266 e. The molecule has 1 saturated heterocycles. The molecule has 1 aromatic heterocycles. The Kier molecular flexibility index (Phi) is 7.24. The number of thioether (sulfide) groups is 1. The maximum absolute atomic E-state index is 12.5. The standard InChI is InChI=1S/C20H20N2O3S3/c23-15-7-4-6-14(12-15)21-18(24)9-2-1-3-10-22-19(25)17(28-20(22)26)13-16-8-5-11-27-16/h4-8,11-13,23H,1-3,9-10H2,(H,21,24)/b17-13-. The van der Waals surface area contributed by atoms with Gasteiger partial charge in [-0.15, -0.1) is 11.3 Å². The molecule has 1 fully saturated rings. The quantitative estimate of drug-likeness (QED) is 0.354. The molecule has 2 heterocycles. The first-order valence-corrected chi connectivity index (χ1v) is 11.0. The van der Waals surface area contributed by atoms with E-state index < -0.39 is 0 Å². The Morgan fingerprint density at radius 3 is 2.82 bits per heavy atom. The normalized spacial score (nSPS) is 15.4. The molecule has 0 aliphatic carbocycles. The van der Waals surface area contributed by atoms with Gasteiger partial charge in [-0.25, -0.2) is 0 Å². The molecule has 1 aliphatic heterocycles. The van der Waals surface area contributed by atoms with Crippen LogP contribution in [0.1, 0.15) is 30.6 Å². The molecule has 28 heavy (non-hydrogen) atoms. The van der Waals surface area contributed by atoms with Crippen LogP contribution in [0.4, 0.5) is 5.69 Å². The lowest BCUT2D eigenvalue weighted by atomic mass is 10.1. The number of benzene rings is 1. The van der Waals surface area contributed by atoms with Gasteiger partial charge >= 0.3 is 0 Å². The van der Waals surface area contributed by atoms with Crippen molar-refractivity contribution in [2.24, 2.45) is 0 Å². The van der Waals surface area contributed by atoms with E-state index in [1.54, 1.807) is 34.4 Å². The molecule has 0 radical (unpaired) electrons. The fraction of sp³-hybridized carbons (Fsp3) is 0.250. The van der Waals surface area contributed by atoms with Crippen LogP contribution in [0, 0.1) is 0 Å². The van der Waals surface area contributed by atoms with Crippen molar-refractivity contribution in [1.82, 2.24) is 4.90 Å². The van der Waals surface area contributed by atoms with Crippen LogP contribution < -0.4 is 5.32 Å². The topological polar surface area (TPSA) is 69.6 Å². The molecule has 0 bridgehead atoms. The minimum Gasteiger partial charge on any atom is -0.508 e. The number of nitrogens with one attached hydrogen (secondary N) is 1. The number of amides is 2. The highest BCUT2D eigenvalue weighted by atomic mass is 32.2. The van der Waals surface area contributed by atoms with E-state index in [9.17, 15) is 14.7 Å². The van der Waals surface area contributed by atoms with Crippen molar-refractivity contribution >= 4 is 63.2 Å². The first-order valence-electron chi connectivity index (χ1n) is 8.91. The minimum absolute atomic E-state index is 0.0370. The molecule has 8 heteroatoms. The minimum atomic E-state index is -0.0879. The molecule has 2 N–H and O–H groups in total. The van der Waals surface area contributed by atoms with Gasteiger partial charge in [0.1, 0.15) is 10.1 Å². The van der Waals surface area contributed by atoms with Gasteiger partial charge < -0.3 is 10.4 Å². The number of carbonyl (C=O) groups excluding carboxylic acids is 2. The largest absolute Gasteiger partial charge is 0.508 e. The predicted octanol–water partition coefficient (Wildman–Crippen LogP) is 4.85. The van der Waals surface area contributed by atoms with Crippen molar-refractivity contribution < 1.29 is 14.7 Å². The van der Waals surface area contributed by atoms with E-state index in [2.05, 4.69) is 5.32 Å². The average molecular weight is 433 g/mol. The van der Waals surface area contributed by atoms with E-state index in [-0.39, 0.29) is 17.6 Å². The van der Waals surface area contributed by atoms with Crippen LogP contribution in [0.15, 0.2) is 46.7 Å². The number of phenols is 1. The SMILES string of the molecule is O=C(CCCCCN1C(=O)/C(=C/c2cccs2)SC1=S)Nc1cccc(O)c1. The summed E-state index contributed by atoms with van der Waals surface area (Å²) < 4.78 is 0.592. The Hall–Kier alpha value is -2.16. The molecule has 0 saturated carbocycles. The lowest BCUT2D eigenvalue weighted by molar-refractivity contribution is -0.122. The first kappa shape index (κ1) is 20.6. The van der Waals surface area contributed by atoms with Crippen LogP contribution in [0.2, 0.25) is 0 Å². The van der Waals surface area contributed by atoms with Gasteiger partial charge in [-0.2, -0.15) is 0 Å². The number of rotatable bonds is 8. The summed E-state index contributed by atoms with van der Waals surface area (Å²) in [6.07, 6.45) is 4.62. The number of anilines is 1. The summed E-state index contributed by atoms with van der Waals surface area (Å²) in [5.41, 5.74) is 0.583. The molecule has 1 aliphatic rings. The van der Waals surface area contributed by atoms with E-state index in [0.29, 0.717) is 27.9 Å². The van der Waals surface area contributed by atoms with Crippen molar-refractivity contribution in [1.29, 1.82) is 0 Å². The van der Waals surface area contributed by atoms with E-state index in [1.165, 1.54) is 17.8 Å². The molecule has 3 rings (SSSR count). The molecule has 5 nitrogen and oxygen atoms in total. The van der Waals surface area contributed by atoms with Crippen molar-refractivity contribution in [3.63, 3.8) is 0 Å². The van der Waals surface area contributed by atoms with Crippen molar-refractivity contribution in [2.75, 3.05) is 11.9 Å². The second-order valence-electron chi connectivity index (χ2n) is 6.26. The molecule has 146 valence electrons. The number of thiophene rings is 1. The van der Waals surface area contributed by atoms with E-state index >= 15 is 0 Å². The van der Waals surface area contributed by atoms with Crippen LogP contribution in [-0.4, -0.2) is 32.7 Å². The Morgan fingerprint density at radius 1 is 1.21 bits per heavy atom. The van der Waals surface area contributed by atoms with Crippen molar-refractivity contribution in [3.8, 4) is 5.75 Å². The third-order valence-electron chi connectivity index (χ3n) is 4.11. The Balaban J connectivity index is 1.38. The first-order chi connectivity index (χ1) is 13.5. The third-order valence-corrected chi connectivity index (χ3v) is 6.30. The second kappa shape index (κ2) is 9.86. The highest BCUT2D eigenvalue weighted by molar-refractivity contribution is 8.26. The molecule has 2 aromatic rings. The van der Waals surface area contributed by atoms with Crippen LogP contribution in [0.3, 0.4) is 0 Å². The maximum Gasteiger partial charge on any atom is 0.266 e. The Morgan fingerprint density at radius 2 is 2.07 bits per heavy atom. The molecule has 0 atom stereocenters. The van der Waals surface area contributed by atoms with Gasteiger partial charge in [-0.3, -0.25) is 14.5 Å². The van der Waals surface area contributed by atoms with Crippen LogP contribution >= 0.6 is 35.3 Å². The number of carbonyl (C=O) groups is 2.